The molecular formula is C28H26F3N3O4. The fraction of sp³-hybridized carbons (Fsp3) is 0.286. The predicted molar refractivity (Wildman–Crippen MR) is 134 cm³/mol. The Bertz CT molecular complexity index is 1260. The summed E-state index contributed by atoms with van der Waals surface area (Å²) in [7, 11) is 0. The molecule has 0 radical (unpaired) electrons. The molecule has 0 N–H and O–H groups in total. The molecule has 0 fully saturated rings. The highest BCUT2D eigenvalue weighted by atomic mass is 19.4. The summed E-state index contributed by atoms with van der Waals surface area (Å²) in [6.07, 6.45) is -6.14. The molecule has 0 aliphatic carbocycles. The van der Waals surface area contributed by atoms with Gasteiger partial charge in [0.25, 0.3) is 0 Å². The van der Waals surface area contributed by atoms with Crippen LogP contribution in [-0.4, -0.2) is 23.1 Å². The van der Waals surface area contributed by atoms with Gasteiger partial charge in [0, 0.05) is 11.3 Å². The van der Waals surface area contributed by atoms with E-state index in [0.717, 1.165) is 24.3 Å². The van der Waals surface area contributed by atoms with Crippen molar-refractivity contribution >= 4 is 11.9 Å². The van der Waals surface area contributed by atoms with Crippen molar-refractivity contribution in [3.8, 4) is 0 Å². The molecule has 0 spiro atoms. The second kappa shape index (κ2) is 11.4. The van der Waals surface area contributed by atoms with E-state index in [9.17, 15) is 28.3 Å². The Labute approximate surface area is 217 Å². The van der Waals surface area contributed by atoms with Crippen LogP contribution in [0.15, 0.2) is 90.0 Å². The van der Waals surface area contributed by atoms with E-state index in [1.165, 1.54) is 0 Å². The molecule has 1 atom stereocenters. The molecule has 0 aliphatic heterocycles. The van der Waals surface area contributed by atoms with Crippen molar-refractivity contribution in [2.75, 3.05) is 0 Å². The van der Waals surface area contributed by atoms with Crippen LogP contribution in [0.3, 0.4) is 0 Å². The first kappa shape index (κ1) is 28.3. The zero-order valence-electron chi connectivity index (χ0n) is 21.0. The number of carbonyl (C=O) groups is 2. The molecule has 10 heteroatoms. The van der Waals surface area contributed by atoms with Gasteiger partial charge in [-0.05, 0) is 55.1 Å². The van der Waals surface area contributed by atoms with Gasteiger partial charge in [-0.2, -0.15) is 13.2 Å². The largest absolute Gasteiger partial charge is 0.459 e. The van der Waals surface area contributed by atoms with Gasteiger partial charge in [0.15, 0.2) is 6.10 Å². The molecule has 38 heavy (non-hydrogen) atoms. The monoisotopic (exact) mass is 525 g/mol. The molecule has 7 nitrogen and oxygen atoms in total. The summed E-state index contributed by atoms with van der Waals surface area (Å²) >= 11 is 0. The van der Waals surface area contributed by atoms with Crippen LogP contribution in [0, 0.1) is 0 Å². The molecule has 0 heterocycles. The second-order valence-electron chi connectivity index (χ2n) is 9.53. The smallest absolute Gasteiger partial charge is 0.416 e. The summed E-state index contributed by atoms with van der Waals surface area (Å²) in [6, 6.07) is 21.3. The Morgan fingerprint density at radius 3 is 1.76 bits per heavy atom. The summed E-state index contributed by atoms with van der Waals surface area (Å²) in [5.41, 5.74) is 6.14. The molecule has 3 rings (SSSR count). The minimum Gasteiger partial charge on any atom is -0.459 e. The zero-order chi connectivity index (χ0) is 28.0. The number of hydrogen-bond donors (Lipinski definition) is 0. The van der Waals surface area contributed by atoms with Crippen LogP contribution in [0.1, 0.15) is 49.1 Å². The van der Waals surface area contributed by atoms with Gasteiger partial charge in [-0.3, -0.25) is 9.59 Å². The summed E-state index contributed by atoms with van der Waals surface area (Å²) in [4.78, 5) is 30.0. The SMILES string of the molecule is CC(C)(C)OC(=O)[C@@](Cc1ccc(C(F)(F)F)cc1)(N=[N+]=[N-])C(=O)OC(c1ccccc1)c1ccccc1. The van der Waals surface area contributed by atoms with Crippen molar-refractivity contribution in [2.45, 2.75) is 50.6 Å². The van der Waals surface area contributed by atoms with Crippen molar-refractivity contribution in [1.82, 2.24) is 0 Å². The number of halogens is 3. The maximum absolute atomic E-state index is 13.8. The molecule has 0 unspecified atom stereocenters. The lowest BCUT2D eigenvalue weighted by Crippen LogP contribution is -2.51. The zero-order valence-corrected chi connectivity index (χ0v) is 21.0. The summed E-state index contributed by atoms with van der Waals surface area (Å²) in [6.45, 7) is 4.68. The number of carbonyl (C=O) groups excluding carboxylic acids is 2. The van der Waals surface area contributed by atoms with Crippen LogP contribution in [-0.2, 0) is 31.7 Å². The lowest BCUT2D eigenvalue weighted by molar-refractivity contribution is -0.173. The fourth-order valence-electron chi connectivity index (χ4n) is 3.68. The number of alkyl halides is 3. The Morgan fingerprint density at radius 2 is 1.34 bits per heavy atom. The number of esters is 2. The molecule has 3 aromatic carbocycles. The summed E-state index contributed by atoms with van der Waals surface area (Å²) in [5, 5.41) is 3.56. The number of hydrogen-bond acceptors (Lipinski definition) is 5. The number of benzene rings is 3. The van der Waals surface area contributed by atoms with E-state index in [4.69, 9.17) is 9.47 Å². The molecule has 198 valence electrons. The maximum Gasteiger partial charge on any atom is 0.416 e. The third kappa shape index (κ3) is 6.92. The van der Waals surface area contributed by atoms with Gasteiger partial charge in [-0.15, -0.1) is 0 Å². The first-order valence-electron chi connectivity index (χ1n) is 11.6. The van der Waals surface area contributed by atoms with Crippen molar-refractivity contribution in [2.24, 2.45) is 5.11 Å². The topological polar surface area (TPSA) is 101 Å². The normalized spacial score (nSPS) is 13.2. The number of azide groups is 1. The van der Waals surface area contributed by atoms with Crippen LogP contribution < -0.4 is 0 Å². The van der Waals surface area contributed by atoms with Crippen molar-refractivity contribution in [1.29, 1.82) is 0 Å². The van der Waals surface area contributed by atoms with E-state index in [2.05, 4.69) is 10.0 Å². The summed E-state index contributed by atoms with van der Waals surface area (Å²) in [5.74, 6) is -2.39. The summed E-state index contributed by atoms with van der Waals surface area (Å²) < 4.78 is 50.5. The average molecular weight is 526 g/mol. The Hall–Kier alpha value is -4.30. The van der Waals surface area contributed by atoms with Gasteiger partial charge in [-0.1, -0.05) is 77.9 Å². The van der Waals surface area contributed by atoms with Gasteiger partial charge in [-0.25, -0.2) is 0 Å². The highest BCUT2D eigenvalue weighted by molar-refractivity contribution is 6.05. The lowest BCUT2D eigenvalue weighted by atomic mass is 9.90. The molecule has 0 saturated heterocycles. The van der Waals surface area contributed by atoms with E-state index < -0.39 is 47.3 Å². The van der Waals surface area contributed by atoms with E-state index in [1.807, 2.05) is 0 Å². The molecule has 0 bridgehead atoms. The Balaban J connectivity index is 2.09. The minimum atomic E-state index is -4.58. The Morgan fingerprint density at radius 1 is 0.842 bits per heavy atom. The minimum absolute atomic E-state index is 0.129. The number of nitrogens with zero attached hydrogens (tertiary/aromatic N) is 3. The van der Waals surface area contributed by atoms with E-state index >= 15 is 0 Å². The van der Waals surface area contributed by atoms with Crippen molar-refractivity contribution in [3.63, 3.8) is 0 Å². The van der Waals surface area contributed by atoms with E-state index in [-0.39, 0.29) is 5.56 Å². The van der Waals surface area contributed by atoms with Gasteiger partial charge >= 0.3 is 18.1 Å². The van der Waals surface area contributed by atoms with Crippen LogP contribution >= 0.6 is 0 Å². The first-order chi connectivity index (χ1) is 17.9. The molecule has 0 saturated carbocycles. The van der Waals surface area contributed by atoms with E-state index in [0.29, 0.717) is 11.1 Å². The van der Waals surface area contributed by atoms with Crippen molar-refractivity contribution < 1.29 is 32.2 Å². The van der Waals surface area contributed by atoms with Crippen LogP contribution in [0.2, 0.25) is 0 Å². The molecule has 3 aromatic rings. The number of rotatable bonds is 8. The standard InChI is InChI=1S/C28H26F3N3O4/c1-26(2,3)38-25(36)27(33-34-32,18-19-14-16-22(17-15-19)28(29,30)31)24(35)37-23(20-10-6-4-7-11-20)21-12-8-5-9-13-21/h4-17,23H,18H2,1-3H3/t27-/m0/s1. The highest BCUT2D eigenvalue weighted by Gasteiger charge is 2.51. The van der Waals surface area contributed by atoms with E-state index in [1.54, 1.807) is 81.4 Å². The van der Waals surface area contributed by atoms with Crippen molar-refractivity contribution in [3.05, 3.63) is 118 Å². The predicted octanol–water partition coefficient (Wildman–Crippen LogP) is 6.97. The van der Waals surface area contributed by atoms with Gasteiger partial charge in [0.05, 0.1) is 5.56 Å². The third-order valence-electron chi connectivity index (χ3n) is 5.46. The van der Waals surface area contributed by atoms with Crippen LogP contribution in [0.4, 0.5) is 13.2 Å². The lowest BCUT2D eigenvalue weighted by Gasteiger charge is -2.31. The molecule has 0 aliphatic rings. The third-order valence-corrected chi connectivity index (χ3v) is 5.46. The Kier molecular flexibility index (Phi) is 8.48. The van der Waals surface area contributed by atoms with Crippen LogP contribution in [0.5, 0.6) is 0 Å². The molecule has 0 aromatic heterocycles. The maximum atomic E-state index is 13.8. The molecular weight excluding hydrogens is 499 g/mol. The number of ether oxygens (including phenoxy) is 2. The average Bonchev–Trinajstić information content (AvgIpc) is 2.86. The molecule has 0 amide bonds. The van der Waals surface area contributed by atoms with Gasteiger partial charge < -0.3 is 9.47 Å². The fourth-order valence-corrected chi connectivity index (χ4v) is 3.68. The quantitative estimate of drug-likeness (QED) is 0.104. The first-order valence-corrected chi connectivity index (χ1v) is 11.6. The van der Waals surface area contributed by atoms with Crippen LogP contribution in [0.25, 0.3) is 10.4 Å². The highest BCUT2D eigenvalue weighted by Crippen LogP contribution is 2.33. The second-order valence-corrected chi connectivity index (χ2v) is 9.53. The van der Waals surface area contributed by atoms with Gasteiger partial charge in [0.1, 0.15) is 5.60 Å². The van der Waals surface area contributed by atoms with Gasteiger partial charge in [0.2, 0.25) is 5.54 Å².